The van der Waals surface area contributed by atoms with E-state index in [1.165, 1.54) is 53.5 Å². The second kappa shape index (κ2) is 7.60. The molecule has 0 saturated heterocycles. The molecule has 1 heterocycles. The maximum Gasteiger partial charge on any atom is 0.387 e. The number of amides is 1. The molecule has 0 aliphatic heterocycles. The highest BCUT2D eigenvalue weighted by molar-refractivity contribution is 6.04. The highest BCUT2D eigenvalue weighted by Crippen LogP contribution is 2.25. The first kappa shape index (κ1) is 18.0. The first-order valence-corrected chi connectivity index (χ1v) is 7.57. The van der Waals surface area contributed by atoms with Gasteiger partial charge < -0.3 is 14.6 Å². The van der Waals surface area contributed by atoms with E-state index in [-0.39, 0.29) is 22.7 Å². The summed E-state index contributed by atoms with van der Waals surface area (Å²) in [6.45, 7) is -2.94. The van der Waals surface area contributed by atoms with Crippen LogP contribution in [0.15, 0.2) is 61.2 Å². The molecule has 1 amide bonds. The van der Waals surface area contributed by atoms with E-state index in [1.807, 2.05) is 0 Å². The fraction of sp³-hybridized carbons (Fsp3) is 0.0588. The molecule has 0 radical (unpaired) electrons. The molecule has 1 N–H and O–H groups in total. The van der Waals surface area contributed by atoms with Gasteiger partial charge in [0.15, 0.2) is 0 Å². The Labute approximate surface area is 151 Å². The number of anilines is 1. The molecule has 0 bridgehead atoms. The molecule has 0 atom stereocenters. The fourth-order valence-corrected chi connectivity index (χ4v) is 2.35. The number of aromatic nitrogens is 2. The third-order valence-electron chi connectivity index (χ3n) is 3.55. The standard InChI is InChI=1S/C17H12F2N4O4/c18-17(19)27-13-4-2-12(3-5-13)21-16(24)11-1-6-14(15(9-11)23(25)26)22-8-7-20-10-22/h1-10,17H,(H,21,24). The quantitative estimate of drug-likeness (QED) is 0.525. The summed E-state index contributed by atoms with van der Waals surface area (Å²) in [6, 6.07) is 9.33. The Morgan fingerprint density at radius 2 is 1.96 bits per heavy atom. The number of nitro groups is 1. The SMILES string of the molecule is O=C(Nc1ccc(OC(F)F)cc1)c1ccc(-n2ccnc2)c([N+](=O)[O-])c1. The predicted molar refractivity (Wildman–Crippen MR) is 91.2 cm³/mol. The van der Waals surface area contributed by atoms with Crippen molar-refractivity contribution in [2.75, 3.05) is 5.32 Å². The Balaban J connectivity index is 1.80. The second-order valence-corrected chi connectivity index (χ2v) is 5.29. The zero-order valence-corrected chi connectivity index (χ0v) is 13.6. The van der Waals surface area contributed by atoms with E-state index < -0.39 is 17.4 Å². The number of nitro benzene ring substituents is 1. The number of hydrogen-bond acceptors (Lipinski definition) is 5. The molecule has 3 aromatic rings. The Morgan fingerprint density at radius 1 is 1.22 bits per heavy atom. The summed E-state index contributed by atoms with van der Waals surface area (Å²) in [5.74, 6) is -0.638. The number of nitrogens with zero attached hydrogens (tertiary/aromatic N) is 3. The van der Waals surface area contributed by atoms with Gasteiger partial charge in [-0.05, 0) is 36.4 Å². The Hall–Kier alpha value is -3.82. The number of imidazole rings is 1. The molecule has 0 spiro atoms. The lowest BCUT2D eigenvalue weighted by atomic mass is 10.1. The minimum atomic E-state index is -2.94. The Morgan fingerprint density at radius 3 is 2.56 bits per heavy atom. The van der Waals surface area contributed by atoms with E-state index in [0.717, 1.165) is 6.07 Å². The van der Waals surface area contributed by atoms with Gasteiger partial charge in [-0.1, -0.05) is 0 Å². The number of carbonyl (C=O) groups is 1. The van der Waals surface area contributed by atoms with Crippen LogP contribution in [0.4, 0.5) is 20.2 Å². The van der Waals surface area contributed by atoms with Gasteiger partial charge in [0.1, 0.15) is 11.4 Å². The van der Waals surface area contributed by atoms with Crippen molar-refractivity contribution in [2.24, 2.45) is 0 Å². The van der Waals surface area contributed by atoms with Crippen molar-refractivity contribution in [3.05, 3.63) is 76.9 Å². The van der Waals surface area contributed by atoms with Crippen LogP contribution in [0.5, 0.6) is 5.75 Å². The van der Waals surface area contributed by atoms with E-state index in [0.29, 0.717) is 5.69 Å². The van der Waals surface area contributed by atoms with Crippen LogP contribution in [0.2, 0.25) is 0 Å². The van der Waals surface area contributed by atoms with Gasteiger partial charge in [-0.2, -0.15) is 8.78 Å². The molecule has 0 fully saturated rings. The van der Waals surface area contributed by atoms with Crippen LogP contribution in [-0.2, 0) is 0 Å². The molecule has 0 aliphatic rings. The van der Waals surface area contributed by atoms with E-state index in [4.69, 9.17) is 0 Å². The number of hydrogen-bond donors (Lipinski definition) is 1. The van der Waals surface area contributed by atoms with Crippen LogP contribution < -0.4 is 10.1 Å². The third-order valence-corrected chi connectivity index (χ3v) is 3.55. The van der Waals surface area contributed by atoms with Gasteiger partial charge in [0.2, 0.25) is 0 Å². The van der Waals surface area contributed by atoms with Crippen LogP contribution >= 0.6 is 0 Å². The zero-order chi connectivity index (χ0) is 19.4. The number of benzene rings is 2. The van der Waals surface area contributed by atoms with Crippen LogP contribution in [0.3, 0.4) is 0 Å². The minimum Gasteiger partial charge on any atom is -0.435 e. The van der Waals surface area contributed by atoms with Crippen molar-refractivity contribution in [3.63, 3.8) is 0 Å². The summed E-state index contributed by atoms with van der Waals surface area (Å²) in [4.78, 5) is 26.9. The van der Waals surface area contributed by atoms with Crippen molar-refractivity contribution in [3.8, 4) is 11.4 Å². The average Bonchev–Trinajstić information content (AvgIpc) is 3.17. The monoisotopic (exact) mass is 374 g/mol. The van der Waals surface area contributed by atoms with Crippen molar-refractivity contribution < 1.29 is 23.2 Å². The lowest BCUT2D eigenvalue weighted by molar-refractivity contribution is -0.384. The molecular formula is C17H12F2N4O4. The van der Waals surface area contributed by atoms with Crippen molar-refractivity contribution in [2.45, 2.75) is 6.61 Å². The number of alkyl halides is 2. The Kier molecular flexibility index (Phi) is 5.06. The van der Waals surface area contributed by atoms with E-state index in [2.05, 4.69) is 15.0 Å². The summed E-state index contributed by atoms with van der Waals surface area (Å²) in [7, 11) is 0. The summed E-state index contributed by atoms with van der Waals surface area (Å²) in [5, 5.41) is 13.9. The first-order valence-electron chi connectivity index (χ1n) is 7.57. The highest BCUT2D eigenvalue weighted by atomic mass is 19.3. The topological polar surface area (TPSA) is 99.3 Å². The zero-order valence-electron chi connectivity index (χ0n) is 13.6. The fourth-order valence-electron chi connectivity index (χ4n) is 2.35. The predicted octanol–water partition coefficient (Wildman–Crippen LogP) is 3.63. The average molecular weight is 374 g/mol. The summed E-state index contributed by atoms with van der Waals surface area (Å²) < 4.78 is 30.0. The molecule has 2 aromatic carbocycles. The minimum absolute atomic E-state index is 0.0525. The van der Waals surface area contributed by atoms with Gasteiger partial charge in [0.05, 0.1) is 11.3 Å². The maximum absolute atomic E-state index is 12.3. The number of ether oxygens (including phenoxy) is 1. The van der Waals surface area contributed by atoms with Gasteiger partial charge in [-0.15, -0.1) is 0 Å². The third kappa shape index (κ3) is 4.24. The molecule has 0 aliphatic carbocycles. The summed E-state index contributed by atoms with van der Waals surface area (Å²) >= 11 is 0. The summed E-state index contributed by atoms with van der Waals surface area (Å²) in [5.41, 5.74) is 0.394. The normalized spacial score (nSPS) is 10.6. The van der Waals surface area contributed by atoms with Crippen molar-refractivity contribution in [1.29, 1.82) is 0 Å². The van der Waals surface area contributed by atoms with Crippen molar-refractivity contribution >= 4 is 17.3 Å². The van der Waals surface area contributed by atoms with Crippen molar-refractivity contribution in [1.82, 2.24) is 9.55 Å². The van der Waals surface area contributed by atoms with E-state index in [9.17, 15) is 23.7 Å². The second-order valence-electron chi connectivity index (χ2n) is 5.29. The lowest BCUT2D eigenvalue weighted by Crippen LogP contribution is -2.13. The van der Waals surface area contributed by atoms with Gasteiger partial charge in [0, 0.05) is 29.7 Å². The van der Waals surface area contributed by atoms with Crippen LogP contribution in [0.25, 0.3) is 5.69 Å². The van der Waals surface area contributed by atoms with Crippen LogP contribution in [0, 0.1) is 10.1 Å². The molecule has 138 valence electrons. The largest absolute Gasteiger partial charge is 0.435 e. The number of carbonyl (C=O) groups excluding carboxylic acids is 1. The molecule has 0 unspecified atom stereocenters. The molecule has 10 heteroatoms. The molecule has 27 heavy (non-hydrogen) atoms. The maximum atomic E-state index is 12.3. The van der Waals surface area contributed by atoms with E-state index in [1.54, 1.807) is 6.20 Å². The first-order chi connectivity index (χ1) is 12.9. The molecule has 3 rings (SSSR count). The van der Waals surface area contributed by atoms with Gasteiger partial charge in [-0.25, -0.2) is 4.98 Å². The van der Waals surface area contributed by atoms with Crippen LogP contribution in [-0.4, -0.2) is 27.0 Å². The lowest BCUT2D eigenvalue weighted by Gasteiger charge is -2.09. The number of rotatable bonds is 6. The molecule has 1 aromatic heterocycles. The van der Waals surface area contributed by atoms with Gasteiger partial charge in [-0.3, -0.25) is 14.9 Å². The Bertz CT molecular complexity index is 960. The number of halogens is 2. The smallest absolute Gasteiger partial charge is 0.387 e. The number of nitrogens with one attached hydrogen (secondary N) is 1. The van der Waals surface area contributed by atoms with Gasteiger partial charge in [0.25, 0.3) is 11.6 Å². The summed E-state index contributed by atoms with van der Waals surface area (Å²) in [6.07, 6.45) is 4.43. The molecular weight excluding hydrogens is 362 g/mol. The highest BCUT2D eigenvalue weighted by Gasteiger charge is 2.19. The van der Waals surface area contributed by atoms with Gasteiger partial charge >= 0.3 is 6.61 Å². The van der Waals surface area contributed by atoms with Crippen LogP contribution in [0.1, 0.15) is 10.4 Å². The molecule has 0 saturated carbocycles. The van der Waals surface area contributed by atoms with E-state index >= 15 is 0 Å². The molecule has 8 nitrogen and oxygen atoms in total.